The minimum atomic E-state index is -8.05. The van der Waals surface area contributed by atoms with Gasteiger partial charge in [-0.25, -0.2) is 149 Å². The van der Waals surface area contributed by atoms with Crippen LogP contribution in [-0.2, 0) is 0 Å². The zero-order valence-corrected chi connectivity index (χ0v) is 51.0. The van der Waals surface area contributed by atoms with E-state index in [1.807, 2.05) is 6.92 Å². The maximum Gasteiger partial charge on any atom is 0.458 e. The number of halogens is 40. The lowest BCUT2D eigenvalue weighted by Gasteiger charge is -2.47. The standard InChI is InChI=1S/C40BF28.C12H21F6N.C12H4F6/c42-13-1-5(21(50)37(66)33(13)62)17(46)29(58)25(54)9(1)41(10-2-6(18(47)30(59)26(10)55)22(51)38(67)34(63)14(2)43,11-3-7(19(48)31(60)27(11)56)23(52)39(68)35(64)15(3)44)12-4-8(20(49)32(61)28(12)57)24(53)40(69)36(65)16(4)45;1-3-5-6-7-8-10(13,14)11(15,16)12(17,18)19-9-4-2;13-6-4-2-1-3-5(6)7-8(14)10(16)12(18)11(17)9(7)15/h;19H,3-9H2,1-2H3;1-4H/q-1;;/p+1. The van der Waals surface area contributed by atoms with Crippen LogP contribution < -0.4 is 27.2 Å². The van der Waals surface area contributed by atoms with Crippen LogP contribution in [0.4, 0.5) is 176 Å². The summed E-state index contributed by atoms with van der Waals surface area (Å²) in [5.41, 5.74) is -17.5. The summed E-state index contributed by atoms with van der Waals surface area (Å²) in [5.74, 6) is -126. The van der Waals surface area contributed by atoms with Crippen LogP contribution in [0.2, 0.25) is 0 Å². The fourth-order valence-electron chi connectivity index (χ4n) is 11.7. The van der Waals surface area contributed by atoms with Gasteiger partial charge in [0.2, 0.25) is 5.82 Å². The summed E-state index contributed by atoms with van der Waals surface area (Å²) in [7, 11) is 0. The molecule has 10 aromatic rings. The van der Waals surface area contributed by atoms with Gasteiger partial charge in [-0.05, 0) is 40.5 Å². The van der Waals surface area contributed by atoms with Gasteiger partial charge in [-0.1, -0.05) is 51.3 Å². The SMILES string of the molecule is CCCCCCC(F)(F)C(F)(F)C(F)(F)[NH2+]CCC.Fc1c(F)c(F)c2c([B-](c3c(F)c(F)c(F)c4c(F)c(F)c(F)c(F)c34)(c3c(F)c(F)c(F)c4c(F)c(F)c(F)c(F)c34)c3c(F)c(F)c(F)c4c(F)c(F)c(F)c(F)c34)c(F)c(F)c(F)c2c1F.Fc1ccccc1-c1c(F)c(F)c(F)c(F)c1F. The maximum atomic E-state index is 17.3. The molecule has 10 rings (SSSR count). The van der Waals surface area contributed by atoms with Gasteiger partial charge < -0.3 is 0 Å². The van der Waals surface area contributed by atoms with Crippen LogP contribution in [-0.4, -0.2) is 30.6 Å². The number of hydrogen-bond acceptors (Lipinski definition) is 0. The Balaban J connectivity index is 0.000000311. The van der Waals surface area contributed by atoms with E-state index in [0.29, 0.717) is 12.8 Å². The lowest BCUT2D eigenvalue weighted by molar-refractivity contribution is -0.808. The molecule has 0 radical (unpaired) electrons. The molecule has 0 aliphatic rings. The fraction of sp³-hybridized carbons (Fsp3) is 0.188. The molecule has 0 unspecified atom stereocenters. The van der Waals surface area contributed by atoms with Crippen LogP contribution in [0.3, 0.4) is 0 Å². The second-order valence-electron chi connectivity index (χ2n) is 22.4. The molecule has 106 heavy (non-hydrogen) atoms. The van der Waals surface area contributed by atoms with Crippen LogP contribution in [0.1, 0.15) is 52.4 Å². The first-order valence-corrected chi connectivity index (χ1v) is 28.8. The third kappa shape index (κ3) is 12.3. The van der Waals surface area contributed by atoms with Gasteiger partial charge >= 0.3 is 17.9 Å². The molecule has 0 heterocycles. The van der Waals surface area contributed by atoms with Crippen molar-refractivity contribution in [3.63, 3.8) is 0 Å². The van der Waals surface area contributed by atoms with Gasteiger partial charge in [-0.15, -0.1) is 30.6 Å². The summed E-state index contributed by atoms with van der Waals surface area (Å²) in [5, 5.41) is -27.0. The molecule has 0 amide bonds. The average Bonchev–Trinajstić information content (AvgIpc) is 0.661. The molecule has 2 N–H and O–H groups in total. The maximum absolute atomic E-state index is 17.3. The minimum absolute atomic E-state index is 0.00699. The number of fused-ring (bicyclic) bond motifs is 4. The minimum Gasteiger partial charge on any atom is -0.280 e. The van der Waals surface area contributed by atoms with E-state index in [4.69, 9.17) is 0 Å². The van der Waals surface area contributed by atoms with Gasteiger partial charge in [-0.2, -0.15) is 17.6 Å². The molecule has 0 aliphatic heterocycles. The quantitative estimate of drug-likeness (QED) is 0.0263. The summed E-state index contributed by atoms with van der Waals surface area (Å²) in [4.78, 5) is 0. The van der Waals surface area contributed by atoms with Crippen molar-refractivity contribution in [2.75, 3.05) is 6.54 Å². The van der Waals surface area contributed by atoms with Crippen molar-refractivity contribution in [3.05, 3.63) is 222 Å². The van der Waals surface area contributed by atoms with Crippen LogP contribution >= 0.6 is 0 Å². The zero-order chi connectivity index (χ0) is 80.2. The van der Waals surface area contributed by atoms with Gasteiger partial charge in [0.1, 0.15) is 35.2 Å². The topological polar surface area (TPSA) is 16.6 Å². The number of hydrogen-bond donors (Lipinski definition) is 1. The molecular formula is C64H26BF40N. The first kappa shape index (κ1) is 82.1. The van der Waals surface area contributed by atoms with Crippen LogP contribution in [0.15, 0.2) is 24.3 Å². The first-order chi connectivity index (χ1) is 49.1. The van der Waals surface area contributed by atoms with E-state index in [0.717, 1.165) is 18.6 Å². The molecule has 0 aliphatic carbocycles. The molecule has 0 atom stereocenters. The van der Waals surface area contributed by atoms with Crippen molar-refractivity contribution in [2.24, 2.45) is 0 Å². The summed E-state index contributed by atoms with van der Waals surface area (Å²) in [6.07, 6.45) is -7.52. The van der Waals surface area contributed by atoms with Gasteiger partial charge in [-0.3, -0.25) is 5.32 Å². The Morgan fingerprint density at radius 3 is 0.755 bits per heavy atom. The van der Waals surface area contributed by atoms with Crippen molar-refractivity contribution < 1.29 is 181 Å². The number of quaternary nitrogens is 1. The normalized spacial score (nSPS) is 12.4. The molecule has 570 valence electrons. The highest BCUT2D eigenvalue weighted by atomic mass is 19.3. The largest absolute Gasteiger partial charge is 0.458 e. The third-order valence-electron chi connectivity index (χ3n) is 16.5. The summed E-state index contributed by atoms with van der Waals surface area (Å²) >= 11 is 0. The molecule has 0 saturated carbocycles. The Morgan fingerprint density at radius 2 is 0.500 bits per heavy atom. The Kier molecular flexibility index (Phi) is 22.7. The van der Waals surface area contributed by atoms with Crippen molar-refractivity contribution in [1.29, 1.82) is 0 Å². The average molecular weight is 1580 g/mol. The number of nitrogens with two attached hydrogens (primary N) is 1. The molecule has 42 heteroatoms. The fourth-order valence-corrected chi connectivity index (χ4v) is 11.7. The van der Waals surface area contributed by atoms with E-state index in [9.17, 15) is 70.2 Å². The molecule has 0 spiro atoms. The molecule has 0 saturated heterocycles. The lowest BCUT2D eigenvalue weighted by atomic mass is 9.11. The molecule has 0 bridgehead atoms. The summed E-state index contributed by atoms with van der Waals surface area (Å²) in [6.45, 7) is 3.02. The summed E-state index contributed by atoms with van der Waals surface area (Å²) < 4.78 is 605. The van der Waals surface area contributed by atoms with E-state index in [1.165, 1.54) is 19.1 Å². The predicted octanol–water partition coefficient (Wildman–Crippen LogP) is 19.6. The second-order valence-corrected chi connectivity index (χ2v) is 22.4. The van der Waals surface area contributed by atoms with Gasteiger partial charge in [0, 0.05) is 12.0 Å². The molecule has 10 aromatic carbocycles. The first-order valence-electron chi connectivity index (χ1n) is 28.8. The number of unbranched alkanes of at least 4 members (excludes halogenated alkanes) is 3. The molecular weight excluding hydrogens is 1550 g/mol. The van der Waals surface area contributed by atoms with Gasteiger partial charge in [0.25, 0.3) is 0 Å². The van der Waals surface area contributed by atoms with E-state index in [1.54, 1.807) is 0 Å². The van der Waals surface area contributed by atoms with Crippen LogP contribution in [0.5, 0.6) is 0 Å². The Hall–Kier alpha value is -9.54. The van der Waals surface area contributed by atoms with E-state index in [2.05, 4.69) is 0 Å². The van der Waals surface area contributed by atoms with Crippen LogP contribution in [0.25, 0.3) is 54.2 Å². The smallest absolute Gasteiger partial charge is 0.280 e. The van der Waals surface area contributed by atoms with Crippen molar-refractivity contribution >= 4 is 71.1 Å². The number of benzene rings is 10. The lowest BCUT2D eigenvalue weighted by Crippen LogP contribution is -2.99. The molecule has 1 nitrogen and oxygen atoms in total. The van der Waals surface area contributed by atoms with E-state index < -0.39 is 304 Å². The van der Waals surface area contributed by atoms with Crippen molar-refractivity contribution in [2.45, 2.75) is 70.3 Å². The molecule has 0 fully saturated rings. The van der Waals surface area contributed by atoms with Crippen molar-refractivity contribution in [1.82, 2.24) is 0 Å². The Morgan fingerprint density at radius 1 is 0.264 bits per heavy atom. The molecule has 0 aromatic heterocycles. The summed E-state index contributed by atoms with van der Waals surface area (Å²) in [6, 6.07) is -0.556. The predicted molar refractivity (Wildman–Crippen MR) is 291 cm³/mol. The van der Waals surface area contributed by atoms with E-state index in [-0.39, 0.29) is 24.7 Å². The second kappa shape index (κ2) is 29.3. The zero-order valence-electron chi connectivity index (χ0n) is 51.0. The highest BCUT2D eigenvalue weighted by Crippen LogP contribution is 2.47. The highest BCUT2D eigenvalue weighted by molar-refractivity contribution is 7.23. The van der Waals surface area contributed by atoms with Crippen LogP contribution in [0, 0.1) is 198 Å². The van der Waals surface area contributed by atoms with Crippen molar-refractivity contribution in [3.8, 4) is 11.1 Å². The van der Waals surface area contributed by atoms with E-state index >= 15 is 105 Å². The number of alkyl halides is 6. The Bertz CT molecular complexity index is 4770. The third-order valence-corrected chi connectivity index (χ3v) is 16.5. The van der Waals surface area contributed by atoms with Gasteiger partial charge in [0.15, 0.2) is 163 Å². The number of rotatable bonds is 15. The highest BCUT2D eigenvalue weighted by Gasteiger charge is 2.74. The Labute approximate surface area is 561 Å². The monoisotopic (exact) mass is 1580 g/mol. The van der Waals surface area contributed by atoms with Gasteiger partial charge in [0.05, 0.1) is 33.7 Å².